The zero-order valence-electron chi connectivity index (χ0n) is 17.3. The predicted molar refractivity (Wildman–Crippen MR) is 98.7 cm³/mol. The third-order valence-corrected chi connectivity index (χ3v) is 6.67. The van der Waals surface area contributed by atoms with Crippen LogP contribution in [0.5, 0.6) is 0 Å². The Morgan fingerprint density at radius 1 is 0.913 bits per heavy atom. The second-order valence-corrected chi connectivity index (χ2v) is 8.39. The number of carbonyl (C=O) groups excluding carboxylic acids is 1. The smallest absolute Gasteiger partial charge is 0.312 e. The Bertz CT molecular complexity index is 357. The SMILES string of the molecule is CCC(C)(CC)CC(C)(C(=O)OCC[NH+](C)C)C(C)(CC)CC. The molecule has 0 aromatic carbocycles. The zero-order valence-corrected chi connectivity index (χ0v) is 17.3. The van der Waals surface area contributed by atoms with Gasteiger partial charge in [-0.3, -0.25) is 4.79 Å². The van der Waals surface area contributed by atoms with Gasteiger partial charge in [0.1, 0.15) is 13.2 Å². The van der Waals surface area contributed by atoms with Crippen LogP contribution >= 0.6 is 0 Å². The zero-order chi connectivity index (χ0) is 18.3. The lowest BCUT2D eigenvalue weighted by Crippen LogP contribution is -3.06. The molecule has 1 N–H and O–H groups in total. The maximum Gasteiger partial charge on any atom is 0.312 e. The van der Waals surface area contributed by atoms with Crippen LogP contribution in [0.2, 0.25) is 0 Å². The third kappa shape index (κ3) is 5.48. The first-order chi connectivity index (χ1) is 10.5. The molecule has 0 aliphatic heterocycles. The summed E-state index contributed by atoms with van der Waals surface area (Å²) >= 11 is 0. The molecule has 3 heteroatoms. The summed E-state index contributed by atoms with van der Waals surface area (Å²) in [6, 6.07) is 0. The van der Waals surface area contributed by atoms with E-state index in [-0.39, 0.29) is 16.8 Å². The highest BCUT2D eigenvalue weighted by molar-refractivity contribution is 5.77. The fourth-order valence-electron chi connectivity index (χ4n) is 3.42. The van der Waals surface area contributed by atoms with E-state index in [9.17, 15) is 4.79 Å². The standard InChI is InChI=1S/C20H41NO2/c1-10-18(5,11-2)16-20(7,19(6,12-3)13-4)17(22)23-15-14-21(8)9/h10-16H2,1-9H3/p+1. The molecule has 0 aromatic heterocycles. The van der Waals surface area contributed by atoms with Gasteiger partial charge >= 0.3 is 5.97 Å². The molecule has 3 nitrogen and oxygen atoms in total. The lowest BCUT2D eigenvalue weighted by Gasteiger charge is -2.48. The summed E-state index contributed by atoms with van der Waals surface area (Å²) in [5.74, 6) is -0.00178. The summed E-state index contributed by atoms with van der Waals surface area (Å²) in [6.07, 6.45) is 5.09. The van der Waals surface area contributed by atoms with Gasteiger partial charge in [-0.15, -0.1) is 0 Å². The van der Waals surface area contributed by atoms with Gasteiger partial charge in [0.05, 0.1) is 19.5 Å². The van der Waals surface area contributed by atoms with Crippen molar-refractivity contribution in [3.05, 3.63) is 0 Å². The summed E-state index contributed by atoms with van der Waals surface area (Å²) in [7, 11) is 4.17. The number of rotatable bonds is 11. The van der Waals surface area contributed by atoms with Gasteiger partial charge in [0, 0.05) is 0 Å². The minimum absolute atomic E-state index is 0.00178. The molecule has 0 fully saturated rings. The maximum absolute atomic E-state index is 13.1. The Kier molecular flexibility index (Phi) is 8.83. The van der Waals surface area contributed by atoms with E-state index in [2.05, 4.69) is 62.6 Å². The first kappa shape index (κ1) is 22.4. The van der Waals surface area contributed by atoms with E-state index < -0.39 is 5.41 Å². The van der Waals surface area contributed by atoms with E-state index in [1.807, 2.05) is 0 Å². The number of esters is 1. The van der Waals surface area contributed by atoms with Gasteiger partial charge in [0.2, 0.25) is 0 Å². The third-order valence-electron chi connectivity index (χ3n) is 6.67. The molecule has 0 aromatic rings. The van der Waals surface area contributed by atoms with Crippen molar-refractivity contribution in [2.45, 2.75) is 80.6 Å². The van der Waals surface area contributed by atoms with Crippen LogP contribution in [0.25, 0.3) is 0 Å². The molecule has 0 saturated carbocycles. The molecule has 0 radical (unpaired) electrons. The van der Waals surface area contributed by atoms with E-state index in [1.165, 1.54) is 4.90 Å². The van der Waals surface area contributed by atoms with Crippen molar-refractivity contribution in [1.82, 2.24) is 0 Å². The highest BCUT2D eigenvalue weighted by atomic mass is 16.5. The largest absolute Gasteiger partial charge is 0.459 e. The molecule has 0 bridgehead atoms. The van der Waals surface area contributed by atoms with Crippen molar-refractivity contribution in [2.24, 2.45) is 16.2 Å². The molecule has 0 heterocycles. The fraction of sp³-hybridized carbons (Fsp3) is 0.950. The van der Waals surface area contributed by atoms with Crippen LogP contribution in [0.1, 0.15) is 80.6 Å². The van der Waals surface area contributed by atoms with Crippen LogP contribution in [0.3, 0.4) is 0 Å². The lowest BCUT2D eigenvalue weighted by molar-refractivity contribution is -0.858. The van der Waals surface area contributed by atoms with E-state index in [1.54, 1.807) is 0 Å². The van der Waals surface area contributed by atoms with Gasteiger partial charge in [0.25, 0.3) is 0 Å². The minimum atomic E-state index is -0.432. The maximum atomic E-state index is 13.1. The molecular formula is C20H42NO2+. The van der Waals surface area contributed by atoms with Crippen molar-refractivity contribution in [3.8, 4) is 0 Å². The summed E-state index contributed by atoms with van der Waals surface area (Å²) < 4.78 is 5.74. The van der Waals surface area contributed by atoms with Gasteiger partial charge in [-0.25, -0.2) is 0 Å². The highest BCUT2D eigenvalue weighted by Gasteiger charge is 2.51. The summed E-state index contributed by atoms with van der Waals surface area (Å²) in [5.41, 5.74) is -0.272. The number of hydrogen-bond acceptors (Lipinski definition) is 2. The molecule has 0 amide bonds. The second-order valence-electron chi connectivity index (χ2n) is 8.39. The minimum Gasteiger partial charge on any atom is -0.459 e. The van der Waals surface area contributed by atoms with E-state index in [0.29, 0.717) is 6.61 Å². The number of nitrogens with one attached hydrogen (secondary N) is 1. The molecule has 23 heavy (non-hydrogen) atoms. The van der Waals surface area contributed by atoms with Crippen LogP contribution in [-0.2, 0) is 9.53 Å². The molecule has 138 valence electrons. The Labute approximate surface area is 145 Å². The van der Waals surface area contributed by atoms with Crippen LogP contribution in [0.15, 0.2) is 0 Å². The molecule has 0 aliphatic rings. The predicted octanol–water partition coefficient (Wildman–Crippen LogP) is 3.72. The van der Waals surface area contributed by atoms with Gasteiger partial charge in [-0.2, -0.15) is 0 Å². The Hall–Kier alpha value is -0.570. The molecule has 0 spiro atoms. The second kappa shape index (κ2) is 9.05. The number of quaternary nitrogens is 1. The van der Waals surface area contributed by atoms with Crippen molar-refractivity contribution in [3.63, 3.8) is 0 Å². The lowest BCUT2D eigenvalue weighted by atomic mass is 9.56. The topological polar surface area (TPSA) is 30.7 Å². The van der Waals surface area contributed by atoms with Gasteiger partial charge in [-0.1, -0.05) is 54.4 Å². The Balaban J connectivity index is 5.49. The van der Waals surface area contributed by atoms with Crippen LogP contribution in [0, 0.1) is 16.2 Å². The molecule has 1 unspecified atom stereocenters. The summed E-state index contributed by atoms with van der Waals surface area (Å²) in [4.78, 5) is 14.4. The van der Waals surface area contributed by atoms with Gasteiger partial charge in [0.15, 0.2) is 0 Å². The Morgan fingerprint density at radius 2 is 1.39 bits per heavy atom. The molecule has 1 atom stereocenters. The van der Waals surface area contributed by atoms with Gasteiger partial charge < -0.3 is 9.64 Å². The number of carbonyl (C=O) groups is 1. The van der Waals surface area contributed by atoms with Crippen LogP contribution < -0.4 is 4.90 Å². The van der Waals surface area contributed by atoms with E-state index >= 15 is 0 Å². The average molecular weight is 329 g/mol. The fourth-order valence-corrected chi connectivity index (χ4v) is 3.42. The molecule has 0 aliphatic carbocycles. The average Bonchev–Trinajstić information content (AvgIpc) is 2.52. The Morgan fingerprint density at radius 3 is 1.74 bits per heavy atom. The number of likely N-dealkylation sites (N-methyl/N-ethyl adjacent to an activating group) is 1. The van der Waals surface area contributed by atoms with Crippen molar-refractivity contribution >= 4 is 5.97 Å². The highest BCUT2D eigenvalue weighted by Crippen LogP contribution is 2.53. The molecule has 0 rings (SSSR count). The van der Waals surface area contributed by atoms with Crippen molar-refractivity contribution in [1.29, 1.82) is 0 Å². The first-order valence-corrected chi connectivity index (χ1v) is 9.50. The van der Waals surface area contributed by atoms with E-state index in [0.717, 1.165) is 38.6 Å². The molecular weight excluding hydrogens is 286 g/mol. The van der Waals surface area contributed by atoms with Gasteiger partial charge in [-0.05, 0) is 37.0 Å². The first-order valence-electron chi connectivity index (χ1n) is 9.50. The molecule has 0 saturated heterocycles. The van der Waals surface area contributed by atoms with Crippen molar-refractivity contribution in [2.75, 3.05) is 27.2 Å². The quantitative estimate of drug-likeness (QED) is 0.586. The summed E-state index contributed by atoms with van der Waals surface area (Å²) in [5, 5.41) is 0. The van der Waals surface area contributed by atoms with Crippen molar-refractivity contribution < 1.29 is 14.4 Å². The number of hydrogen-bond donors (Lipinski definition) is 1. The van der Waals surface area contributed by atoms with Crippen LogP contribution in [0.4, 0.5) is 0 Å². The number of ether oxygens (including phenoxy) is 1. The monoisotopic (exact) mass is 328 g/mol. The van der Waals surface area contributed by atoms with E-state index in [4.69, 9.17) is 4.74 Å². The van der Waals surface area contributed by atoms with Crippen LogP contribution in [-0.4, -0.2) is 33.2 Å². The summed E-state index contributed by atoms with van der Waals surface area (Å²) in [6.45, 7) is 17.0. The normalized spacial score (nSPS) is 15.6.